The molecule has 0 amide bonds. The zero-order valence-corrected chi connectivity index (χ0v) is 13.2. The van der Waals surface area contributed by atoms with Crippen LogP contribution in [0.2, 0.25) is 5.02 Å². The molecule has 23 heavy (non-hydrogen) atoms. The molecule has 0 saturated carbocycles. The maximum atomic E-state index is 6.14. The molecule has 0 radical (unpaired) electrons. The molecule has 2 heterocycles. The first kappa shape index (κ1) is 14.0. The van der Waals surface area contributed by atoms with Gasteiger partial charge < -0.3 is 4.98 Å². The summed E-state index contributed by atoms with van der Waals surface area (Å²) < 4.78 is 0. The lowest BCUT2D eigenvalue weighted by atomic mass is 10.0. The quantitative estimate of drug-likeness (QED) is 0.600. The van der Waals surface area contributed by atoms with Gasteiger partial charge in [0.15, 0.2) is 0 Å². The van der Waals surface area contributed by atoms with Gasteiger partial charge in [0.1, 0.15) is 0 Å². The summed E-state index contributed by atoms with van der Waals surface area (Å²) in [4.78, 5) is 3.42. The Morgan fingerprint density at radius 1 is 1.09 bits per heavy atom. The number of benzene rings is 2. The van der Waals surface area contributed by atoms with Crippen molar-refractivity contribution in [2.75, 3.05) is 0 Å². The molecular formula is C17H14ClN5. The molecule has 6 heteroatoms. The number of fused-ring (bicyclic) bond motifs is 1. The molecule has 0 spiro atoms. The molecule has 0 bridgehead atoms. The molecule has 2 aromatic carbocycles. The van der Waals surface area contributed by atoms with Crippen molar-refractivity contribution in [3.05, 3.63) is 64.3 Å². The fourth-order valence-corrected chi connectivity index (χ4v) is 3.01. The second-order valence-electron chi connectivity index (χ2n) is 5.53. The lowest BCUT2D eigenvalue weighted by molar-refractivity contribution is 0.881. The first-order valence-corrected chi connectivity index (χ1v) is 7.68. The molecule has 0 saturated heterocycles. The molecule has 0 aliphatic carbocycles. The summed E-state index contributed by atoms with van der Waals surface area (Å²) in [6, 6.07) is 14.2. The zero-order chi connectivity index (χ0) is 15.8. The van der Waals surface area contributed by atoms with Crippen LogP contribution in [0.3, 0.4) is 0 Å². The Bertz CT molecular complexity index is 955. The van der Waals surface area contributed by atoms with Crippen LogP contribution in [0.1, 0.15) is 16.8 Å². The molecule has 4 rings (SSSR count). The maximum Gasteiger partial charge on any atom is 0.204 e. The second kappa shape index (κ2) is 5.52. The molecular weight excluding hydrogens is 310 g/mol. The maximum absolute atomic E-state index is 6.14. The minimum absolute atomic E-state index is 0.603. The Morgan fingerprint density at radius 2 is 1.91 bits per heavy atom. The van der Waals surface area contributed by atoms with E-state index in [2.05, 4.69) is 44.7 Å². The molecule has 5 nitrogen and oxygen atoms in total. The van der Waals surface area contributed by atoms with Crippen LogP contribution in [0.25, 0.3) is 22.3 Å². The van der Waals surface area contributed by atoms with Crippen LogP contribution in [0, 0.1) is 6.92 Å². The van der Waals surface area contributed by atoms with Gasteiger partial charge in [0.25, 0.3) is 0 Å². The molecule has 0 fully saturated rings. The van der Waals surface area contributed by atoms with Gasteiger partial charge in [-0.15, -0.1) is 10.2 Å². The number of hydrogen-bond acceptors (Lipinski definition) is 3. The number of H-pyrrole nitrogens is 2. The van der Waals surface area contributed by atoms with Gasteiger partial charge in [0.05, 0.1) is 0 Å². The highest BCUT2D eigenvalue weighted by molar-refractivity contribution is 6.31. The van der Waals surface area contributed by atoms with Gasteiger partial charge >= 0.3 is 0 Å². The molecule has 4 aromatic rings. The molecule has 0 aliphatic rings. The van der Waals surface area contributed by atoms with Gasteiger partial charge in [0.2, 0.25) is 5.82 Å². The van der Waals surface area contributed by atoms with E-state index in [1.54, 1.807) is 0 Å². The molecule has 0 aliphatic heterocycles. The topological polar surface area (TPSA) is 70.2 Å². The molecule has 2 aromatic heterocycles. The number of aromatic amines is 2. The molecule has 2 N–H and O–H groups in total. The van der Waals surface area contributed by atoms with Crippen molar-refractivity contribution >= 4 is 22.5 Å². The third-order valence-electron chi connectivity index (χ3n) is 4.02. The summed E-state index contributed by atoms with van der Waals surface area (Å²) in [7, 11) is 0. The van der Waals surface area contributed by atoms with Crippen LogP contribution in [0.5, 0.6) is 0 Å². The molecule has 114 valence electrons. The van der Waals surface area contributed by atoms with Crippen molar-refractivity contribution < 1.29 is 0 Å². The van der Waals surface area contributed by atoms with Crippen molar-refractivity contribution in [3.8, 4) is 11.4 Å². The van der Waals surface area contributed by atoms with E-state index in [1.165, 1.54) is 22.2 Å². The van der Waals surface area contributed by atoms with Crippen LogP contribution >= 0.6 is 11.6 Å². The number of aryl methyl sites for hydroxylation is 1. The van der Waals surface area contributed by atoms with Crippen LogP contribution < -0.4 is 0 Å². The van der Waals surface area contributed by atoms with E-state index in [0.29, 0.717) is 5.82 Å². The van der Waals surface area contributed by atoms with E-state index >= 15 is 0 Å². The average molecular weight is 324 g/mol. The Morgan fingerprint density at radius 3 is 2.65 bits per heavy atom. The Labute approximate surface area is 137 Å². The standard InChI is InChI=1S/C17H14ClN5/c1-10-14(15-9-13(18)6-7-16(15)19-10)8-11-2-4-12(5-3-11)17-20-22-23-21-17/h2-7,9,19H,8H2,1H3,(H,20,21,22,23). The molecule has 0 unspecified atom stereocenters. The number of aromatic nitrogens is 5. The van der Waals surface area contributed by atoms with E-state index in [-0.39, 0.29) is 0 Å². The van der Waals surface area contributed by atoms with E-state index in [9.17, 15) is 0 Å². The summed E-state index contributed by atoms with van der Waals surface area (Å²) in [5.74, 6) is 0.603. The first-order valence-electron chi connectivity index (χ1n) is 7.30. The van der Waals surface area contributed by atoms with Crippen LogP contribution in [0.15, 0.2) is 42.5 Å². The normalized spacial score (nSPS) is 11.2. The largest absolute Gasteiger partial charge is 0.358 e. The van der Waals surface area contributed by atoms with E-state index in [4.69, 9.17) is 11.6 Å². The summed E-state index contributed by atoms with van der Waals surface area (Å²) >= 11 is 6.14. The van der Waals surface area contributed by atoms with Crippen molar-refractivity contribution in [2.45, 2.75) is 13.3 Å². The third-order valence-corrected chi connectivity index (χ3v) is 4.26. The Balaban J connectivity index is 1.68. The number of nitrogens with one attached hydrogen (secondary N) is 2. The Kier molecular flexibility index (Phi) is 3.35. The highest BCUT2D eigenvalue weighted by atomic mass is 35.5. The van der Waals surface area contributed by atoms with E-state index in [1.807, 2.05) is 30.3 Å². The fourth-order valence-electron chi connectivity index (χ4n) is 2.84. The number of tetrazole rings is 1. The number of halogens is 1. The van der Waals surface area contributed by atoms with Crippen molar-refractivity contribution in [3.63, 3.8) is 0 Å². The first-order chi connectivity index (χ1) is 11.2. The van der Waals surface area contributed by atoms with E-state index < -0.39 is 0 Å². The van der Waals surface area contributed by atoms with E-state index in [0.717, 1.165) is 22.5 Å². The Hall–Kier alpha value is -2.66. The number of hydrogen-bond donors (Lipinski definition) is 2. The average Bonchev–Trinajstić information content (AvgIpc) is 3.18. The number of rotatable bonds is 3. The van der Waals surface area contributed by atoms with Gasteiger partial charge in [-0.25, -0.2) is 0 Å². The highest BCUT2D eigenvalue weighted by Crippen LogP contribution is 2.27. The van der Waals surface area contributed by atoms with Gasteiger partial charge in [-0.05, 0) is 47.9 Å². The lowest BCUT2D eigenvalue weighted by Crippen LogP contribution is -1.90. The van der Waals surface area contributed by atoms with Crippen LogP contribution in [-0.4, -0.2) is 25.6 Å². The van der Waals surface area contributed by atoms with Gasteiger partial charge in [0, 0.05) is 27.2 Å². The second-order valence-corrected chi connectivity index (χ2v) is 5.96. The zero-order valence-electron chi connectivity index (χ0n) is 12.5. The predicted octanol–water partition coefficient (Wildman–Crippen LogP) is 3.90. The fraction of sp³-hybridized carbons (Fsp3) is 0.118. The smallest absolute Gasteiger partial charge is 0.204 e. The third kappa shape index (κ3) is 2.59. The summed E-state index contributed by atoms with van der Waals surface area (Å²) in [6.07, 6.45) is 0.846. The summed E-state index contributed by atoms with van der Waals surface area (Å²) in [5.41, 5.74) is 5.73. The minimum Gasteiger partial charge on any atom is -0.358 e. The SMILES string of the molecule is Cc1[nH]c2ccc(Cl)cc2c1Cc1ccc(-c2nn[nH]n2)cc1. The molecule has 0 atom stereocenters. The predicted molar refractivity (Wildman–Crippen MR) is 90.5 cm³/mol. The summed E-state index contributed by atoms with van der Waals surface area (Å²) in [5, 5.41) is 16.0. The van der Waals surface area contributed by atoms with Gasteiger partial charge in [-0.3, -0.25) is 0 Å². The van der Waals surface area contributed by atoms with Gasteiger partial charge in [-0.1, -0.05) is 35.9 Å². The van der Waals surface area contributed by atoms with Crippen molar-refractivity contribution in [1.29, 1.82) is 0 Å². The number of nitrogens with zero attached hydrogens (tertiary/aromatic N) is 3. The van der Waals surface area contributed by atoms with Crippen LogP contribution in [-0.2, 0) is 6.42 Å². The summed E-state index contributed by atoms with van der Waals surface area (Å²) in [6.45, 7) is 2.09. The minimum atomic E-state index is 0.603. The van der Waals surface area contributed by atoms with Crippen molar-refractivity contribution in [2.24, 2.45) is 0 Å². The van der Waals surface area contributed by atoms with Crippen molar-refractivity contribution in [1.82, 2.24) is 25.6 Å². The van der Waals surface area contributed by atoms with Crippen LogP contribution in [0.4, 0.5) is 0 Å². The van der Waals surface area contributed by atoms with Gasteiger partial charge in [-0.2, -0.15) is 5.21 Å². The highest BCUT2D eigenvalue weighted by Gasteiger charge is 2.10. The lowest BCUT2D eigenvalue weighted by Gasteiger charge is -2.04. The monoisotopic (exact) mass is 323 g/mol.